The number of nitrogens with one attached hydrogen (secondary N) is 1. The zero-order chi connectivity index (χ0) is 18.3. The maximum atomic E-state index is 13.7. The molecule has 0 saturated carbocycles. The van der Waals surface area contributed by atoms with Crippen LogP contribution in [0.3, 0.4) is 0 Å². The SMILES string of the molecule is O=C(NC1CN2CCC1CC2)c1cnn(-c2ccccc2)c1C(F)(F)F. The molecule has 1 amide bonds. The number of hydrogen-bond acceptors (Lipinski definition) is 3. The molecule has 3 aliphatic heterocycles. The number of carbonyl (C=O) groups is 1. The summed E-state index contributed by atoms with van der Waals surface area (Å²) in [6.45, 7) is 2.69. The number of halogens is 3. The molecule has 1 atom stereocenters. The van der Waals surface area contributed by atoms with Crippen LogP contribution in [0.15, 0.2) is 36.5 Å². The Hall–Kier alpha value is -2.35. The lowest BCUT2D eigenvalue weighted by molar-refractivity contribution is -0.143. The Morgan fingerprint density at radius 2 is 1.85 bits per heavy atom. The summed E-state index contributed by atoms with van der Waals surface area (Å²) < 4.78 is 41.8. The maximum absolute atomic E-state index is 13.7. The van der Waals surface area contributed by atoms with Gasteiger partial charge in [-0.3, -0.25) is 4.79 Å². The second-order valence-electron chi connectivity index (χ2n) is 6.87. The van der Waals surface area contributed by atoms with Gasteiger partial charge in [0.2, 0.25) is 0 Å². The summed E-state index contributed by atoms with van der Waals surface area (Å²) in [5, 5.41) is 6.65. The van der Waals surface area contributed by atoms with Crippen LogP contribution in [0, 0.1) is 5.92 Å². The first-order valence-electron chi connectivity index (χ1n) is 8.67. The van der Waals surface area contributed by atoms with Crippen molar-refractivity contribution in [1.82, 2.24) is 20.0 Å². The van der Waals surface area contributed by atoms with Gasteiger partial charge in [0.25, 0.3) is 5.91 Å². The van der Waals surface area contributed by atoms with Gasteiger partial charge in [0.1, 0.15) is 0 Å². The standard InChI is InChI=1S/C18H19F3N4O/c19-18(20,21)16-14(10-22-25(16)13-4-2-1-3-5-13)17(26)23-15-11-24-8-6-12(15)7-9-24/h1-5,10,12,15H,6-9,11H2,(H,23,26). The molecule has 1 unspecified atom stereocenters. The predicted octanol–water partition coefficient (Wildman–Crippen LogP) is 2.72. The van der Waals surface area contributed by atoms with Gasteiger partial charge in [-0.05, 0) is 44.0 Å². The van der Waals surface area contributed by atoms with E-state index < -0.39 is 23.3 Å². The van der Waals surface area contributed by atoms with E-state index in [-0.39, 0.29) is 11.7 Å². The van der Waals surface area contributed by atoms with Gasteiger partial charge in [-0.25, -0.2) is 4.68 Å². The van der Waals surface area contributed by atoms with E-state index in [1.54, 1.807) is 18.2 Å². The average Bonchev–Trinajstić information content (AvgIpc) is 3.09. The lowest BCUT2D eigenvalue weighted by Gasteiger charge is -2.44. The normalized spacial score (nSPS) is 25.3. The zero-order valence-electron chi connectivity index (χ0n) is 14.0. The van der Waals surface area contributed by atoms with Crippen molar-refractivity contribution in [3.05, 3.63) is 47.8 Å². The van der Waals surface area contributed by atoms with E-state index in [0.717, 1.165) is 36.8 Å². The summed E-state index contributed by atoms with van der Waals surface area (Å²) in [5.41, 5.74) is -1.21. The molecular weight excluding hydrogens is 345 g/mol. The van der Waals surface area contributed by atoms with Crippen LogP contribution in [0.4, 0.5) is 13.2 Å². The van der Waals surface area contributed by atoms with E-state index in [0.29, 0.717) is 12.5 Å². The Balaban J connectivity index is 1.64. The van der Waals surface area contributed by atoms with Crippen molar-refractivity contribution in [3.8, 4) is 5.69 Å². The minimum atomic E-state index is -4.69. The Kier molecular flexibility index (Phi) is 4.22. The van der Waals surface area contributed by atoms with Crippen molar-refractivity contribution >= 4 is 5.91 Å². The van der Waals surface area contributed by atoms with Gasteiger partial charge in [0.05, 0.1) is 17.4 Å². The fourth-order valence-electron chi connectivity index (χ4n) is 3.93. The van der Waals surface area contributed by atoms with Crippen LogP contribution < -0.4 is 5.32 Å². The van der Waals surface area contributed by atoms with Crippen LogP contribution >= 0.6 is 0 Å². The predicted molar refractivity (Wildman–Crippen MR) is 89.0 cm³/mol. The maximum Gasteiger partial charge on any atom is 0.434 e. The molecule has 5 rings (SSSR count). The highest BCUT2D eigenvalue weighted by molar-refractivity contribution is 5.95. The first-order chi connectivity index (χ1) is 12.4. The summed E-state index contributed by atoms with van der Waals surface area (Å²) in [4.78, 5) is 14.9. The average molecular weight is 364 g/mol. The van der Waals surface area contributed by atoms with Crippen molar-refractivity contribution < 1.29 is 18.0 Å². The lowest BCUT2D eigenvalue weighted by atomic mass is 9.84. The van der Waals surface area contributed by atoms with Crippen molar-refractivity contribution in [2.45, 2.75) is 25.1 Å². The van der Waals surface area contributed by atoms with Gasteiger partial charge >= 0.3 is 6.18 Å². The van der Waals surface area contributed by atoms with Crippen LogP contribution in [0.5, 0.6) is 0 Å². The largest absolute Gasteiger partial charge is 0.434 e. The summed E-state index contributed by atoms with van der Waals surface area (Å²) in [6, 6.07) is 7.91. The molecule has 4 heterocycles. The van der Waals surface area contributed by atoms with Gasteiger partial charge in [-0.15, -0.1) is 0 Å². The van der Waals surface area contributed by atoms with E-state index in [1.165, 1.54) is 12.1 Å². The summed E-state index contributed by atoms with van der Waals surface area (Å²) in [6.07, 6.45) is -1.73. The number of alkyl halides is 3. The molecule has 2 bridgehead atoms. The topological polar surface area (TPSA) is 50.2 Å². The zero-order valence-corrected chi connectivity index (χ0v) is 14.0. The highest BCUT2D eigenvalue weighted by Crippen LogP contribution is 2.34. The molecule has 0 aliphatic carbocycles. The Labute approximate surface area is 148 Å². The fourth-order valence-corrected chi connectivity index (χ4v) is 3.93. The van der Waals surface area contributed by atoms with Crippen LogP contribution in [0.25, 0.3) is 5.69 Å². The first kappa shape index (κ1) is 17.1. The number of benzene rings is 1. The van der Waals surface area contributed by atoms with Crippen molar-refractivity contribution in [3.63, 3.8) is 0 Å². The van der Waals surface area contributed by atoms with Gasteiger partial charge in [-0.1, -0.05) is 18.2 Å². The molecule has 3 aliphatic rings. The van der Waals surface area contributed by atoms with E-state index in [2.05, 4.69) is 15.3 Å². The Morgan fingerprint density at radius 3 is 2.42 bits per heavy atom. The van der Waals surface area contributed by atoms with Gasteiger partial charge in [0.15, 0.2) is 5.69 Å². The molecule has 0 radical (unpaired) electrons. The Morgan fingerprint density at radius 1 is 1.15 bits per heavy atom. The van der Waals surface area contributed by atoms with Gasteiger partial charge in [-0.2, -0.15) is 18.3 Å². The minimum absolute atomic E-state index is 0.105. The second kappa shape index (κ2) is 6.42. The molecule has 1 aromatic carbocycles. The number of hydrogen-bond donors (Lipinski definition) is 1. The third-order valence-electron chi connectivity index (χ3n) is 5.26. The number of piperidine rings is 3. The number of fused-ring (bicyclic) bond motifs is 3. The highest BCUT2D eigenvalue weighted by atomic mass is 19.4. The third kappa shape index (κ3) is 3.09. The molecular formula is C18H19F3N4O. The van der Waals surface area contributed by atoms with Crippen molar-refractivity contribution in [2.24, 2.45) is 5.92 Å². The molecule has 1 N–H and O–H groups in total. The van der Waals surface area contributed by atoms with Crippen molar-refractivity contribution in [2.75, 3.05) is 19.6 Å². The molecule has 8 heteroatoms. The monoisotopic (exact) mass is 364 g/mol. The third-order valence-corrected chi connectivity index (χ3v) is 5.26. The molecule has 3 fully saturated rings. The quantitative estimate of drug-likeness (QED) is 0.911. The molecule has 0 spiro atoms. The van der Waals surface area contributed by atoms with Gasteiger partial charge in [0, 0.05) is 12.6 Å². The summed E-state index contributed by atoms with van der Waals surface area (Å²) >= 11 is 0. The molecule has 5 nitrogen and oxygen atoms in total. The summed E-state index contributed by atoms with van der Waals surface area (Å²) in [5.74, 6) is -0.374. The number of carbonyl (C=O) groups excluding carboxylic acids is 1. The number of aromatic nitrogens is 2. The number of para-hydroxylation sites is 1. The first-order valence-corrected chi connectivity index (χ1v) is 8.67. The molecule has 2 aromatic rings. The number of nitrogens with zero attached hydrogens (tertiary/aromatic N) is 3. The van der Waals surface area contributed by atoms with E-state index >= 15 is 0 Å². The Bertz CT molecular complexity index is 795. The fraction of sp³-hybridized carbons (Fsp3) is 0.444. The van der Waals surface area contributed by atoms with E-state index in [1.807, 2.05) is 0 Å². The lowest BCUT2D eigenvalue weighted by Crippen LogP contribution is -2.57. The van der Waals surface area contributed by atoms with Crippen LogP contribution in [-0.4, -0.2) is 46.3 Å². The van der Waals surface area contributed by atoms with E-state index in [9.17, 15) is 18.0 Å². The molecule has 26 heavy (non-hydrogen) atoms. The number of rotatable bonds is 3. The summed E-state index contributed by atoms with van der Waals surface area (Å²) in [7, 11) is 0. The van der Waals surface area contributed by atoms with Crippen LogP contribution in [0.1, 0.15) is 28.9 Å². The highest BCUT2D eigenvalue weighted by Gasteiger charge is 2.42. The molecule has 138 valence electrons. The van der Waals surface area contributed by atoms with Gasteiger partial charge < -0.3 is 10.2 Å². The molecule has 3 saturated heterocycles. The number of amides is 1. The smallest absolute Gasteiger partial charge is 0.348 e. The van der Waals surface area contributed by atoms with Crippen molar-refractivity contribution in [1.29, 1.82) is 0 Å². The van der Waals surface area contributed by atoms with Crippen LogP contribution in [-0.2, 0) is 6.18 Å². The minimum Gasteiger partial charge on any atom is -0.348 e. The van der Waals surface area contributed by atoms with Crippen LogP contribution in [0.2, 0.25) is 0 Å². The second-order valence-corrected chi connectivity index (χ2v) is 6.87. The molecule has 1 aromatic heterocycles. The van der Waals surface area contributed by atoms with E-state index in [4.69, 9.17) is 0 Å².